The Bertz CT molecular complexity index is 269. The van der Waals surface area contributed by atoms with E-state index >= 15 is 0 Å². The van der Waals surface area contributed by atoms with Crippen LogP contribution in [0.1, 0.15) is 5.56 Å². The molecular formula is C9H11NO3. The van der Waals surface area contributed by atoms with Gasteiger partial charge in [-0.1, -0.05) is 17.3 Å². The molecule has 0 saturated heterocycles. The highest BCUT2D eigenvalue weighted by molar-refractivity contribution is 5.45. The van der Waals surface area contributed by atoms with Crippen LogP contribution in [0.2, 0.25) is 0 Å². The summed E-state index contributed by atoms with van der Waals surface area (Å²) in [6.45, 7) is 0.383. The molecule has 0 amide bonds. The van der Waals surface area contributed by atoms with Gasteiger partial charge in [0.2, 0.25) is 6.40 Å². The standard InChI is InChI=1S/C9H11NO3/c1-12-9-4-2-8(3-5-9)6-13-7-10-11/h2-5,7,11H,6H2,1H3/b10-7+. The molecule has 13 heavy (non-hydrogen) atoms. The highest BCUT2D eigenvalue weighted by atomic mass is 16.5. The number of oxime groups is 1. The van der Waals surface area contributed by atoms with Gasteiger partial charge in [-0.05, 0) is 17.7 Å². The molecule has 0 bridgehead atoms. The molecule has 0 spiro atoms. The number of benzene rings is 1. The van der Waals surface area contributed by atoms with Gasteiger partial charge >= 0.3 is 0 Å². The second kappa shape index (κ2) is 5.03. The topological polar surface area (TPSA) is 51.0 Å². The van der Waals surface area contributed by atoms with E-state index in [9.17, 15) is 0 Å². The van der Waals surface area contributed by atoms with Crippen molar-refractivity contribution in [2.45, 2.75) is 6.61 Å². The van der Waals surface area contributed by atoms with Crippen LogP contribution in [0.4, 0.5) is 0 Å². The summed E-state index contributed by atoms with van der Waals surface area (Å²) in [7, 11) is 1.62. The van der Waals surface area contributed by atoms with Gasteiger partial charge in [0.05, 0.1) is 7.11 Å². The van der Waals surface area contributed by atoms with Crippen LogP contribution in [-0.4, -0.2) is 18.7 Å². The lowest BCUT2D eigenvalue weighted by Crippen LogP contribution is -1.90. The van der Waals surface area contributed by atoms with Gasteiger partial charge in [-0.2, -0.15) is 0 Å². The molecule has 0 aliphatic rings. The fourth-order valence-electron chi connectivity index (χ4n) is 0.889. The van der Waals surface area contributed by atoms with Crippen LogP contribution < -0.4 is 4.74 Å². The molecule has 1 aromatic rings. The van der Waals surface area contributed by atoms with Crippen LogP contribution in [-0.2, 0) is 11.3 Å². The molecule has 1 aromatic carbocycles. The highest BCUT2D eigenvalue weighted by Gasteiger charge is 1.92. The lowest BCUT2D eigenvalue weighted by Gasteiger charge is -2.01. The van der Waals surface area contributed by atoms with E-state index in [1.54, 1.807) is 7.11 Å². The molecule has 1 N–H and O–H groups in total. The molecule has 0 radical (unpaired) electrons. The van der Waals surface area contributed by atoms with Gasteiger partial charge in [0.25, 0.3) is 0 Å². The maximum absolute atomic E-state index is 8.05. The zero-order valence-corrected chi connectivity index (χ0v) is 7.30. The average molecular weight is 181 g/mol. The first-order chi connectivity index (χ1) is 6.36. The van der Waals surface area contributed by atoms with Crippen molar-refractivity contribution in [2.75, 3.05) is 7.11 Å². The van der Waals surface area contributed by atoms with Crippen molar-refractivity contribution in [3.8, 4) is 5.75 Å². The van der Waals surface area contributed by atoms with Gasteiger partial charge in [-0.15, -0.1) is 0 Å². The van der Waals surface area contributed by atoms with Gasteiger partial charge in [-0.3, -0.25) is 0 Å². The Kier molecular flexibility index (Phi) is 3.63. The second-order valence-corrected chi connectivity index (χ2v) is 2.38. The molecule has 0 aliphatic carbocycles. The first-order valence-electron chi connectivity index (χ1n) is 3.77. The molecule has 4 heteroatoms. The van der Waals surface area contributed by atoms with Crippen molar-refractivity contribution in [2.24, 2.45) is 5.16 Å². The van der Waals surface area contributed by atoms with E-state index < -0.39 is 0 Å². The van der Waals surface area contributed by atoms with Gasteiger partial charge in [0.1, 0.15) is 12.4 Å². The Labute approximate surface area is 76.4 Å². The fourth-order valence-corrected chi connectivity index (χ4v) is 0.889. The van der Waals surface area contributed by atoms with Gasteiger partial charge in [0.15, 0.2) is 0 Å². The predicted molar refractivity (Wildman–Crippen MR) is 48.1 cm³/mol. The van der Waals surface area contributed by atoms with Crippen LogP contribution in [0.25, 0.3) is 0 Å². The summed E-state index contributed by atoms with van der Waals surface area (Å²) < 4.78 is 9.85. The van der Waals surface area contributed by atoms with Crippen molar-refractivity contribution < 1.29 is 14.7 Å². The van der Waals surface area contributed by atoms with E-state index in [0.717, 1.165) is 17.7 Å². The number of methoxy groups -OCH3 is 1. The van der Waals surface area contributed by atoms with Crippen molar-refractivity contribution in [1.29, 1.82) is 0 Å². The summed E-state index contributed by atoms with van der Waals surface area (Å²) >= 11 is 0. The third-order valence-corrected chi connectivity index (χ3v) is 1.53. The summed E-state index contributed by atoms with van der Waals surface area (Å²) in [4.78, 5) is 0. The number of ether oxygens (including phenoxy) is 2. The maximum Gasteiger partial charge on any atom is 0.212 e. The van der Waals surface area contributed by atoms with E-state index in [2.05, 4.69) is 5.16 Å². The summed E-state index contributed by atoms with van der Waals surface area (Å²) in [5.74, 6) is 0.805. The van der Waals surface area contributed by atoms with E-state index in [0.29, 0.717) is 6.61 Å². The third-order valence-electron chi connectivity index (χ3n) is 1.53. The van der Waals surface area contributed by atoms with Crippen molar-refractivity contribution >= 4 is 6.40 Å². The molecule has 0 saturated carbocycles. The van der Waals surface area contributed by atoms with E-state index in [-0.39, 0.29) is 0 Å². The Morgan fingerprint density at radius 2 is 2.08 bits per heavy atom. The molecule has 70 valence electrons. The molecule has 0 aliphatic heterocycles. The molecule has 0 aromatic heterocycles. The van der Waals surface area contributed by atoms with Crippen LogP contribution >= 0.6 is 0 Å². The predicted octanol–water partition coefficient (Wildman–Crippen LogP) is 1.63. The summed E-state index contributed by atoms with van der Waals surface area (Å²) in [6.07, 6.45) is 0.990. The van der Waals surface area contributed by atoms with Crippen molar-refractivity contribution in [3.63, 3.8) is 0 Å². The number of rotatable bonds is 4. The minimum Gasteiger partial charge on any atom is -0.497 e. The minimum atomic E-state index is 0.383. The minimum absolute atomic E-state index is 0.383. The van der Waals surface area contributed by atoms with Crippen LogP contribution in [0.15, 0.2) is 29.4 Å². The van der Waals surface area contributed by atoms with Gasteiger partial charge in [0, 0.05) is 0 Å². The maximum atomic E-state index is 8.05. The van der Waals surface area contributed by atoms with E-state index in [1.807, 2.05) is 24.3 Å². The van der Waals surface area contributed by atoms with Gasteiger partial charge in [-0.25, -0.2) is 0 Å². The van der Waals surface area contributed by atoms with Crippen LogP contribution in [0.5, 0.6) is 5.75 Å². The van der Waals surface area contributed by atoms with E-state index in [1.165, 1.54) is 0 Å². The smallest absolute Gasteiger partial charge is 0.212 e. The summed E-state index contributed by atoms with van der Waals surface area (Å²) in [5, 5.41) is 10.8. The monoisotopic (exact) mass is 181 g/mol. The lowest BCUT2D eigenvalue weighted by molar-refractivity contribution is 0.261. The molecule has 0 atom stereocenters. The van der Waals surface area contributed by atoms with Crippen molar-refractivity contribution in [3.05, 3.63) is 29.8 Å². The second-order valence-electron chi connectivity index (χ2n) is 2.38. The summed E-state index contributed by atoms with van der Waals surface area (Å²) in [6, 6.07) is 7.44. The fraction of sp³-hybridized carbons (Fsp3) is 0.222. The highest BCUT2D eigenvalue weighted by Crippen LogP contribution is 2.11. The molecule has 1 rings (SSSR count). The zero-order valence-electron chi connectivity index (χ0n) is 7.30. The zero-order chi connectivity index (χ0) is 9.52. The van der Waals surface area contributed by atoms with Gasteiger partial charge < -0.3 is 14.7 Å². The Morgan fingerprint density at radius 3 is 2.62 bits per heavy atom. The van der Waals surface area contributed by atoms with Crippen LogP contribution in [0, 0.1) is 0 Å². The SMILES string of the molecule is COc1ccc(CO/C=N/O)cc1. The molecule has 0 fully saturated rings. The lowest BCUT2D eigenvalue weighted by atomic mass is 10.2. The molecule has 4 nitrogen and oxygen atoms in total. The normalized spacial score (nSPS) is 10.2. The molecule has 0 heterocycles. The number of nitrogens with zero attached hydrogens (tertiary/aromatic N) is 1. The Hall–Kier alpha value is -1.71. The largest absolute Gasteiger partial charge is 0.497 e. The molecular weight excluding hydrogens is 170 g/mol. The van der Waals surface area contributed by atoms with E-state index in [4.69, 9.17) is 14.7 Å². The Balaban J connectivity index is 2.49. The van der Waals surface area contributed by atoms with Crippen LogP contribution in [0.3, 0.4) is 0 Å². The average Bonchev–Trinajstić information content (AvgIpc) is 2.19. The Morgan fingerprint density at radius 1 is 1.38 bits per heavy atom. The number of hydrogen-bond donors (Lipinski definition) is 1. The summed E-state index contributed by atoms with van der Waals surface area (Å²) in [5.41, 5.74) is 0.987. The van der Waals surface area contributed by atoms with Crippen molar-refractivity contribution in [1.82, 2.24) is 0 Å². The third kappa shape index (κ3) is 3.02. The first kappa shape index (κ1) is 9.38. The molecule has 0 unspecified atom stereocenters. The quantitative estimate of drug-likeness (QED) is 0.332. The number of hydrogen-bond acceptors (Lipinski definition) is 4. The first-order valence-corrected chi connectivity index (χ1v) is 3.77.